The molecule has 1 rings (SSSR count). The minimum atomic E-state index is -0.568. The van der Waals surface area contributed by atoms with Gasteiger partial charge in [0.25, 0.3) is 0 Å². The summed E-state index contributed by atoms with van der Waals surface area (Å²) in [4.78, 5) is 14.9. The molecule has 0 heterocycles. The molecule has 0 aliphatic carbocycles. The third kappa shape index (κ3) is 3.11. The largest absolute Gasteiger partial charge is 0.380 e. The van der Waals surface area contributed by atoms with Gasteiger partial charge in [-0.3, -0.25) is 0 Å². The number of halogens is 2. The number of nitrogens with zero attached hydrogens (tertiary/aromatic N) is 1. The summed E-state index contributed by atoms with van der Waals surface area (Å²) < 4.78 is 0. The first-order valence-electron chi connectivity index (χ1n) is 3.98. The van der Waals surface area contributed by atoms with Crippen molar-refractivity contribution in [3.63, 3.8) is 0 Å². The van der Waals surface area contributed by atoms with Crippen LogP contribution < -0.4 is 5.73 Å². The number of benzene rings is 1. The van der Waals surface area contributed by atoms with E-state index in [1.165, 1.54) is 6.92 Å². The SMILES string of the molecule is CC(=O)ON=C(N)c1c(Cl)cccc1Cl. The lowest BCUT2D eigenvalue weighted by molar-refractivity contribution is -0.140. The van der Waals surface area contributed by atoms with Crippen molar-refractivity contribution in [1.29, 1.82) is 0 Å². The number of hydrogen-bond donors (Lipinski definition) is 1. The predicted octanol–water partition coefficient (Wildman–Crippen LogP) is 2.18. The topological polar surface area (TPSA) is 64.7 Å². The van der Waals surface area contributed by atoms with Crippen LogP contribution in [0.4, 0.5) is 0 Å². The molecule has 0 saturated heterocycles. The van der Waals surface area contributed by atoms with Crippen LogP contribution in [0.25, 0.3) is 0 Å². The Morgan fingerprint density at radius 1 is 1.40 bits per heavy atom. The second-order valence-corrected chi connectivity index (χ2v) is 3.47. The summed E-state index contributed by atoms with van der Waals surface area (Å²) in [6, 6.07) is 4.89. The Balaban J connectivity index is 3.05. The van der Waals surface area contributed by atoms with E-state index in [-0.39, 0.29) is 5.84 Å². The summed E-state index contributed by atoms with van der Waals surface area (Å²) in [7, 11) is 0. The third-order valence-corrected chi connectivity index (χ3v) is 2.12. The molecule has 2 N–H and O–H groups in total. The second-order valence-electron chi connectivity index (χ2n) is 2.66. The van der Waals surface area contributed by atoms with E-state index in [2.05, 4.69) is 9.99 Å². The third-order valence-electron chi connectivity index (χ3n) is 1.49. The highest BCUT2D eigenvalue weighted by atomic mass is 35.5. The molecule has 0 saturated carbocycles. The summed E-state index contributed by atoms with van der Waals surface area (Å²) in [5, 5.41) is 4.08. The van der Waals surface area contributed by atoms with Crippen LogP contribution in [0.2, 0.25) is 10.0 Å². The van der Waals surface area contributed by atoms with Gasteiger partial charge in [0, 0.05) is 6.92 Å². The molecule has 0 atom stereocenters. The van der Waals surface area contributed by atoms with E-state index < -0.39 is 5.97 Å². The van der Waals surface area contributed by atoms with Gasteiger partial charge in [0.1, 0.15) is 0 Å². The van der Waals surface area contributed by atoms with E-state index >= 15 is 0 Å². The Morgan fingerprint density at radius 2 is 1.93 bits per heavy atom. The second kappa shape index (κ2) is 5.00. The maximum Gasteiger partial charge on any atom is 0.332 e. The Kier molecular flexibility index (Phi) is 3.94. The summed E-state index contributed by atoms with van der Waals surface area (Å²) in [5.74, 6) is -0.609. The van der Waals surface area contributed by atoms with Crippen LogP contribution in [0, 0.1) is 0 Å². The van der Waals surface area contributed by atoms with E-state index in [1.807, 2.05) is 0 Å². The summed E-state index contributed by atoms with van der Waals surface area (Å²) in [5.41, 5.74) is 5.90. The molecule has 0 unspecified atom stereocenters. The zero-order chi connectivity index (χ0) is 11.4. The minimum absolute atomic E-state index is 0.0409. The van der Waals surface area contributed by atoms with Gasteiger partial charge < -0.3 is 10.6 Å². The van der Waals surface area contributed by atoms with Crippen molar-refractivity contribution >= 4 is 35.0 Å². The van der Waals surface area contributed by atoms with Crippen molar-refractivity contribution in [1.82, 2.24) is 0 Å². The molecule has 0 radical (unpaired) electrons. The molecular formula is C9H8Cl2N2O2. The smallest absolute Gasteiger partial charge is 0.332 e. The van der Waals surface area contributed by atoms with Gasteiger partial charge in [-0.05, 0) is 12.1 Å². The van der Waals surface area contributed by atoms with Crippen molar-refractivity contribution in [3.8, 4) is 0 Å². The number of oxime groups is 1. The molecular weight excluding hydrogens is 239 g/mol. The summed E-state index contributed by atoms with van der Waals surface area (Å²) >= 11 is 11.7. The van der Waals surface area contributed by atoms with Gasteiger partial charge in [-0.15, -0.1) is 0 Å². The molecule has 0 spiro atoms. The van der Waals surface area contributed by atoms with Crippen LogP contribution >= 0.6 is 23.2 Å². The molecule has 80 valence electrons. The maximum atomic E-state index is 10.5. The fourth-order valence-corrected chi connectivity index (χ4v) is 1.49. The van der Waals surface area contributed by atoms with Crippen LogP contribution in [0.15, 0.2) is 23.4 Å². The molecule has 0 bridgehead atoms. The summed E-state index contributed by atoms with van der Waals surface area (Å²) in [6.07, 6.45) is 0. The molecule has 1 aromatic rings. The predicted molar refractivity (Wildman–Crippen MR) is 59.0 cm³/mol. The lowest BCUT2D eigenvalue weighted by Crippen LogP contribution is -2.15. The van der Waals surface area contributed by atoms with Crippen molar-refractivity contribution < 1.29 is 9.63 Å². The highest BCUT2D eigenvalue weighted by Crippen LogP contribution is 2.23. The van der Waals surface area contributed by atoms with Crippen LogP contribution in [-0.2, 0) is 9.63 Å². The number of amidine groups is 1. The number of nitrogens with two attached hydrogens (primary N) is 1. The highest BCUT2D eigenvalue weighted by Gasteiger charge is 2.10. The van der Waals surface area contributed by atoms with E-state index in [0.29, 0.717) is 15.6 Å². The molecule has 4 nitrogen and oxygen atoms in total. The minimum Gasteiger partial charge on any atom is -0.380 e. The van der Waals surface area contributed by atoms with E-state index in [1.54, 1.807) is 18.2 Å². The van der Waals surface area contributed by atoms with Crippen LogP contribution in [-0.4, -0.2) is 11.8 Å². The van der Waals surface area contributed by atoms with Gasteiger partial charge in [0.05, 0.1) is 15.6 Å². The van der Waals surface area contributed by atoms with Gasteiger partial charge in [-0.1, -0.05) is 34.4 Å². The molecule has 0 aliphatic rings. The van der Waals surface area contributed by atoms with Crippen LogP contribution in [0.1, 0.15) is 12.5 Å². The zero-order valence-electron chi connectivity index (χ0n) is 7.83. The van der Waals surface area contributed by atoms with Crippen LogP contribution in [0.3, 0.4) is 0 Å². The van der Waals surface area contributed by atoms with Gasteiger partial charge in [-0.25, -0.2) is 4.79 Å². The van der Waals surface area contributed by atoms with E-state index in [4.69, 9.17) is 28.9 Å². The fourth-order valence-electron chi connectivity index (χ4n) is 0.902. The average molecular weight is 247 g/mol. The standard InChI is InChI=1S/C9H8Cl2N2O2/c1-5(14)15-13-9(12)8-6(10)3-2-4-7(8)11/h2-4H,1H3,(H2,12,13). The highest BCUT2D eigenvalue weighted by molar-refractivity contribution is 6.39. The zero-order valence-corrected chi connectivity index (χ0v) is 9.34. The Labute approximate surface area is 96.6 Å². The molecule has 0 amide bonds. The quantitative estimate of drug-likeness (QED) is 0.377. The van der Waals surface area contributed by atoms with E-state index in [9.17, 15) is 4.79 Å². The lowest BCUT2D eigenvalue weighted by Gasteiger charge is -2.04. The van der Waals surface area contributed by atoms with Gasteiger partial charge in [0.15, 0.2) is 5.84 Å². The van der Waals surface area contributed by atoms with Crippen LogP contribution in [0.5, 0.6) is 0 Å². The molecule has 6 heteroatoms. The summed E-state index contributed by atoms with van der Waals surface area (Å²) in [6.45, 7) is 1.21. The molecule has 0 aliphatic heterocycles. The lowest BCUT2D eigenvalue weighted by atomic mass is 10.2. The normalized spacial score (nSPS) is 11.3. The number of carbonyl (C=O) groups excluding carboxylic acids is 1. The monoisotopic (exact) mass is 246 g/mol. The van der Waals surface area contributed by atoms with Gasteiger partial charge in [-0.2, -0.15) is 0 Å². The average Bonchev–Trinajstić information content (AvgIpc) is 2.14. The van der Waals surface area contributed by atoms with Crippen molar-refractivity contribution in [2.24, 2.45) is 10.9 Å². The fraction of sp³-hybridized carbons (Fsp3) is 0.111. The van der Waals surface area contributed by atoms with Gasteiger partial charge in [0.2, 0.25) is 0 Å². The number of carbonyl (C=O) groups is 1. The molecule has 1 aromatic carbocycles. The first-order chi connectivity index (χ1) is 7.02. The number of rotatable bonds is 2. The maximum absolute atomic E-state index is 10.5. The number of hydrogen-bond acceptors (Lipinski definition) is 3. The molecule has 0 fully saturated rings. The Morgan fingerprint density at radius 3 is 2.40 bits per heavy atom. The van der Waals surface area contributed by atoms with Crippen molar-refractivity contribution in [2.45, 2.75) is 6.92 Å². The van der Waals surface area contributed by atoms with Gasteiger partial charge >= 0.3 is 5.97 Å². The first-order valence-corrected chi connectivity index (χ1v) is 4.73. The molecule has 15 heavy (non-hydrogen) atoms. The first kappa shape index (κ1) is 11.8. The Hall–Kier alpha value is -1.26. The van der Waals surface area contributed by atoms with Crippen molar-refractivity contribution in [3.05, 3.63) is 33.8 Å². The Bertz CT molecular complexity index is 398. The molecule has 0 aromatic heterocycles. The van der Waals surface area contributed by atoms with E-state index in [0.717, 1.165) is 0 Å². The van der Waals surface area contributed by atoms with Crippen molar-refractivity contribution in [2.75, 3.05) is 0 Å².